The molecule has 94 valence electrons. The predicted octanol–water partition coefficient (Wildman–Crippen LogP) is 4.10. The molecule has 2 nitrogen and oxygen atoms in total. The van der Waals surface area contributed by atoms with Crippen LogP contribution >= 0.6 is 23.2 Å². The van der Waals surface area contributed by atoms with Crippen LogP contribution in [0, 0.1) is 0 Å². The van der Waals surface area contributed by atoms with Crippen LogP contribution in [0.3, 0.4) is 0 Å². The summed E-state index contributed by atoms with van der Waals surface area (Å²) >= 11 is 11.3. The van der Waals surface area contributed by atoms with E-state index in [2.05, 4.69) is 0 Å². The quantitative estimate of drug-likeness (QED) is 0.671. The molecule has 0 spiro atoms. The van der Waals surface area contributed by atoms with E-state index in [0.717, 1.165) is 0 Å². The highest BCUT2D eigenvalue weighted by Gasteiger charge is 2.28. The zero-order chi connectivity index (χ0) is 13.2. The fraction of sp³-hybridized carbons (Fsp3) is 0.300. The van der Waals surface area contributed by atoms with Gasteiger partial charge in [0.1, 0.15) is 0 Å². The van der Waals surface area contributed by atoms with Gasteiger partial charge in [0, 0.05) is 12.0 Å². The van der Waals surface area contributed by atoms with E-state index in [4.69, 9.17) is 28.9 Å². The second-order valence-corrected chi connectivity index (χ2v) is 4.21. The molecule has 1 aromatic rings. The predicted molar refractivity (Wildman–Crippen MR) is 60.5 cm³/mol. The first-order valence-corrected chi connectivity index (χ1v) is 5.31. The number of nitrogens with two attached hydrogens (primary N) is 1. The minimum Gasteiger partial charge on any atom is -0.396 e. The standard InChI is InChI=1S/C10H8Cl2F3NO/c11-6-3-5(4-7(12)9(6)16)8(17)1-2-10(13,14)15/h3-4H,1-2,16H2. The van der Waals surface area contributed by atoms with Gasteiger partial charge < -0.3 is 5.73 Å². The third-order valence-electron chi connectivity index (χ3n) is 2.04. The van der Waals surface area contributed by atoms with Crippen LogP contribution in [0.15, 0.2) is 12.1 Å². The van der Waals surface area contributed by atoms with Crippen LogP contribution < -0.4 is 5.73 Å². The molecule has 0 unspecified atom stereocenters. The zero-order valence-corrected chi connectivity index (χ0v) is 9.96. The van der Waals surface area contributed by atoms with Crippen molar-refractivity contribution in [3.8, 4) is 0 Å². The second kappa shape index (κ2) is 5.14. The smallest absolute Gasteiger partial charge is 0.389 e. The maximum absolute atomic E-state index is 11.9. The van der Waals surface area contributed by atoms with Crippen LogP contribution in [0.25, 0.3) is 0 Å². The Morgan fingerprint density at radius 2 is 1.71 bits per heavy atom. The summed E-state index contributed by atoms with van der Waals surface area (Å²) in [7, 11) is 0. The van der Waals surface area contributed by atoms with Crippen molar-refractivity contribution in [1.82, 2.24) is 0 Å². The topological polar surface area (TPSA) is 43.1 Å². The Balaban J connectivity index is 2.84. The molecule has 0 amide bonds. The number of hydrogen-bond acceptors (Lipinski definition) is 2. The summed E-state index contributed by atoms with van der Waals surface area (Å²) in [6, 6.07) is 2.42. The minimum atomic E-state index is -4.36. The van der Waals surface area contributed by atoms with Crippen LogP contribution in [0.4, 0.5) is 18.9 Å². The van der Waals surface area contributed by atoms with Gasteiger partial charge in [0.15, 0.2) is 5.78 Å². The third-order valence-corrected chi connectivity index (χ3v) is 2.66. The number of halogens is 5. The molecule has 1 aromatic carbocycles. The zero-order valence-electron chi connectivity index (χ0n) is 8.44. The molecule has 0 aliphatic carbocycles. The van der Waals surface area contributed by atoms with Gasteiger partial charge in [0.2, 0.25) is 0 Å². The van der Waals surface area contributed by atoms with Gasteiger partial charge in [0.25, 0.3) is 0 Å². The van der Waals surface area contributed by atoms with E-state index < -0.39 is 24.8 Å². The molecule has 2 N–H and O–H groups in total. The number of benzene rings is 1. The van der Waals surface area contributed by atoms with Gasteiger partial charge in [0.05, 0.1) is 22.2 Å². The number of anilines is 1. The van der Waals surface area contributed by atoms with Gasteiger partial charge in [-0.2, -0.15) is 13.2 Å². The average molecular weight is 286 g/mol. The molecule has 0 atom stereocenters. The second-order valence-electron chi connectivity index (χ2n) is 3.39. The summed E-state index contributed by atoms with van der Waals surface area (Å²) in [5.41, 5.74) is 5.56. The summed E-state index contributed by atoms with van der Waals surface area (Å²) in [6.45, 7) is 0. The summed E-state index contributed by atoms with van der Waals surface area (Å²) in [4.78, 5) is 11.4. The summed E-state index contributed by atoms with van der Waals surface area (Å²) in [5.74, 6) is -0.675. The highest BCUT2D eigenvalue weighted by Crippen LogP contribution is 2.30. The summed E-state index contributed by atoms with van der Waals surface area (Å²) in [5, 5.41) is 0.0979. The van der Waals surface area contributed by atoms with E-state index in [1.165, 1.54) is 12.1 Å². The molecule has 0 radical (unpaired) electrons. The average Bonchev–Trinajstić information content (AvgIpc) is 2.20. The Morgan fingerprint density at radius 3 is 2.12 bits per heavy atom. The first-order valence-electron chi connectivity index (χ1n) is 4.55. The van der Waals surface area contributed by atoms with Gasteiger partial charge in [-0.15, -0.1) is 0 Å². The van der Waals surface area contributed by atoms with E-state index in [9.17, 15) is 18.0 Å². The van der Waals surface area contributed by atoms with Crippen molar-refractivity contribution in [1.29, 1.82) is 0 Å². The van der Waals surface area contributed by atoms with Crippen molar-refractivity contribution in [2.75, 3.05) is 5.73 Å². The highest BCUT2D eigenvalue weighted by atomic mass is 35.5. The fourth-order valence-electron chi connectivity index (χ4n) is 1.14. The van der Waals surface area contributed by atoms with E-state index in [0.29, 0.717) is 0 Å². The SMILES string of the molecule is Nc1c(Cl)cc(C(=O)CCC(F)(F)F)cc1Cl. The number of carbonyl (C=O) groups is 1. The van der Waals surface area contributed by atoms with Crippen molar-refractivity contribution >= 4 is 34.7 Å². The van der Waals surface area contributed by atoms with Crippen molar-refractivity contribution in [2.24, 2.45) is 0 Å². The number of hydrogen-bond donors (Lipinski definition) is 1. The maximum Gasteiger partial charge on any atom is 0.389 e. The fourth-order valence-corrected chi connectivity index (χ4v) is 1.63. The van der Waals surface area contributed by atoms with E-state index in [-0.39, 0.29) is 21.3 Å². The number of ketones is 1. The van der Waals surface area contributed by atoms with Crippen molar-refractivity contribution in [3.05, 3.63) is 27.7 Å². The van der Waals surface area contributed by atoms with Crippen LogP contribution in [0.1, 0.15) is 23.2 Å². The van der Waals surface area contributed by atoms with Crippen molar-refractivity contribution in [2.45, 2.75) is 19.0 Å². The monoisotopic (exact) mass is 285 g/mol. The summed E-state index contributed by atoms with van der Waals surface area (Å²) in [6.07, 6.45) is -6.18. The van der Waals surface area contributed by atoms with Gasteiger partial charge in [-0.25, -0.2) is 0 Å². The molecule has 0 saturated carbocycles. The van der Waals surface area contributed by atoms with Gasteiger partial charge in [-0.05, 0) is 12.1 Å². The lowest BCUT2D eigenvalue weighted by molar-refractivity contribution is -0.133. The Morgan fingerprint density at radius 1 is 1.24 bits per heavy atom. The van der Waals surface area contributed by atoms with Crippen LogP contribution in [0.2, 0.25) is 10.0 Å². The highest BCUT2D eigenvalue weighted by molar-refractivity contribution is 6.39. The van der Waals surface area contributed by atoms with Crippen molar-refractivity contribution < 1.29 is 18.0 Å². The lowest BCUT2D eigenvalue weighted by Crippen LogP contribution is -2.11. The van der Waals surface area contributed by atoms with Crippen molar-refractivity contribution in [3.63, 3.8) is 0 Å². The molecule has 0 fully saturated rings. The van der Waals surface area contributed by atoms with Crippen LogP contribution in [0.5, 0.6) is 0 Å². The Bertz CT molecular complexity index is 423. The molecule has 0 aromatic heterocycles. The lowest BCUT2D eigenvalue weighted by atomic mass is 10.1. The molecule has 0 heterocycles. The number of rotatable bonds is 3. The molecule has 0 bridgehead atoms. The normalized spacial score (nSPS) is 11.6. The molecule has 1 rings (SSSR count). The number of nitrogen functional groups attached to an aromatic ring is 1. The first kappa shape index (κ1) is 14.1. The molecular weight excluding hydrogens is 278 g/mol. The third kappa shape index (κ3) is 4.09. The maximum atomic E-state index is 11.9. The molecule has 0 saturated heterocycles. The molecule has 17 heavy (non-hydrogen) atoms. The first-order chi connectivity index (χ1) is 7.70. The molecule has 0 aliphatic rings. The van der Waals surface area contributed by atoms with Crippen LogP contribution in [-0.4, -0.2) is 12.0 Å². The Kier molecular flexibility index (Phi) is 4.27. The van der Waals surface area contributed by atoms with E-state index in [1.54, 1.807) is 0 Å². The number of Topliss-reactive ketones (excluding diaryl/α,β-unsaturated/α-hetero) is 1. The van der Waals surface area contributed by atoms with Gasteiger partial charge >= 0.3 is 6.18 Å². The van der Waals surface area contributed by atoms with Gasteiger partial charge in [-0.3, -0.25) is 4.79 Å². The Labute approximate surface area is 105 Å². The molecule has 0 aliphatic heterocycles. The lowest BCUT2D eigenvalue weighted by Gasteiger charge is -2.07. The van der Waals surface area contributed by atoms with E-state index in [1.807, 2.05) is 0 Å². The van der Waals surface area contributed by atoms with E-state index >= 15 is 0 Å². The largest absolute Gasteiger partial charge is 0.396 e. The molecule has 7 heteroatoms. The Hall–Kier alpha value is -0.940. The van der Waals surface area contributed by atoms with Gasteiger partial charge in [-0.1, -0.05) is 23.2 Å². The minimum absolute atomic E-state index is 0.0263. The molecular formula is C10H8Cl2F3NO. The van der Waals surface area contributed by atoms with Crippen LogP contribution in [-0.2, 0) is 0 Å². The number of alkyl halides is 3. The number of carbonyl (C=O) groups excluding carboxylic acids is 1. The summed E-state index contributed by atoms with van der Waals surface area (Å²) < 4.78 is 35.8.